The Balaban J connectivity index is 1.62. The molecule has 8 heteroatoms. The van der Waals surface area contributed by atoms with Gasteiger partial charge in [-0.15, -0.1) is 0 Å². The second-order valence-corrected chi connectivity index (χ2v) is 9.69. The van der Waals surface area contributed by atoms with Crippen molar-refractivity contribution in [3.63, 3.8) is 0 Å². The smallest absolute Gasteiger partial charge is 0.116 e. The lowest BCUT2D eigenvalue weighted by Crippen LogP contribution is -2.52. The molecule has 33 heavy (non-hydrogen) atoms. The summed E-state index contributed by atoms with van der Waals surface area (Å²) in [7, 11) is 0. The molecule has 0 spiro atoms. The molecule has 170 valence electrons. The van der Waals surface area contributed by atoms with E-state index >= 15 is 0 Å². The van der Waals surface area contributed by atoms with Gasteiger partial charge in [-0.25, -0.2) is 0 Å². The van der Waals surface area contributed by atoms with Crippen molar-refractivity contribution in [3.05, 3.63) is 92.7 Å². The summed E-state index contributed by atoms with van der Waals surface area (Å²) in [5, 5.41) is 22.1. The highest BCUT2D eigenvalue weighted by Gasteiger charge is 2.34. The highest BCUT2D eigenvalue weighted by molar-refractivity contribution is 6.33. The van der Waals surface area contributed by atoms with Gasteiger partial charge in [0.25, 0.3) is 0 Å². The number of anilines is 1. The molecular formula is C25H23Cl3N4O. The van der Waals surface area contributed by atoms with Crippen molar-refractivity contribution in [1.82, 2.24) is 9.88 Å². The number of hydrogen-bond acceptors (Lipinski definition) is 5. The predicted octanol–water partition coefficient (Wildman–Crippen LogP) is 5.68. The molecule has 0 aliphatic carbocycles. The summed E-state index contributed by atoms with van der Waals surface area (Å²) in [5.74, 6) is 0. The van der Waals surface area contributed by atoms with Crippen molar-refractivity contribution in [3.8, 4) is 6.07 Å². The number of halogens is 3. The normalized spacial score (nSPS) is 18.5. The summed E-state index contributed by atoms with van der Waals surface area (Å²) in [4.78, 5) is 8.79. The average molecular weight is 502 g/mol. The first-order chi connectivity index (χ1) is 15.8. The summed E-state index contributed by atoms with van der Waals surface area (Å²) in [5.41, 5.74) is 1.93. The quantitative estimate of drug-likeness (QED) is 0.487. The molecule has 2 aromatic carbocycles. The maximum atomic E-state index is 11.2. The van der Waals surface area contributed by atoms with Crippen LogP contribution in [0.4, 0.5) is 5.69 Å². The first-order valence-electron chi connectivity index (χ1n) is 10.6. The van der Waals surface area contributed by atoms with Gasteiger partial charge in [-0.1, -0.05) is 46.9 Å². The number of aromatic nitrogens is 1. The molecular weight excluding hydrogens is 479 g/mol. The van der Waals surface area contributed by atoms with E-state index in [0.717, 1.165) is 17.8 Å². The molecule has 1 aromatic heterocycles. The Morgan fingerprint density at radius 1 is 1.06 bits per heavy atom. The van der Waals surface area contributed by atoms with E-state index in [2.05, 4.69) is 20.9 Å². The molecule has 2 heterocycles. The van der Waals surface area contributed by atoms with Gasteiger partial charge in [-0.05, 0) is 55.0 Å². The van der Waals surface area contributed by atoms with Gasteiger partial charge in [-0.2, -0.15) is 5.26 Å². The molecule has 4 rings (SSSR count). The number of pyridine rings is 1. The lowest BCUT2D eigenvalue weighted by atomic mass is 9.97. The standard InChI is InChI=1S/C25H23Cl3N4O/c1-25(33,24-9-7-20(27)14-30-24)16-31-10-11-32(22-8-2-17(13-29)12-21(22)28)23(15-31)18-3-5-19(26)6-4-18/h2-9,12,14,23,33H,10-11,15-16H2,1H3/t23-,25+/m0/s1. The molecule has 1 aliphatic heterocycles. The zero-order valence-corrected chi connectivity index (χ0v) is 20.3. The Labute approximate surface area is 208 Å². The third-order valence-corrected chi connectivity index (χ3v) is 6.69. The van der Waals surface area contributed by atoms with E-state index in [1.165, 1.54) is 0 Å². The monoisotopic (exact) mass is 500 g/mol. The lowest BCUT2D eigenvalue weighted by molar-refractivity contribution is 0.00678. The van der Waals surface area contributed by atoms with Crippen LogP contribution < -0.4 is 4.90 Å². The number of hydrogen-bond donors (Lipinski definition) is 1. The Hall–Kier alpha value is -2.33. The van der Waals surface area contributed by atoms with Crippen molar-refractivity contribution < 1.29 is 5.11 Å². The third-order valence-electron chi connectivity index (χ3n) is 5.92. The van der Waals surface area contributed by atoms with Crippen LogP contribution in [0.25, 0.3) is 0 Å². The Bertz CT molecular complexity index is 1160. The van der Waals surface area contributed by atoms with Crippen LogP contribution in [0.3, 0.4) is 0 Å². The van der Waals surface area contributed by atoms with Crippen molar-refractivity contribution in [2.24, 2.45) is 0 Å². The van der Waals surface area contributed by atoms with Crippen molar-refractivity contribution in [2.45, 2.75) is 18.6 Å². The molecule has 0 unspecified atom stereocenters. The van der Waals surface area contributed by atoms with Crippen molar-refractivity contribution in [1.29, 1.82) is 5.26 Å². The lowest BCUT2D eigenvalue weighted by Gasteiger charge is -2.45. The highest BCUT2D eigenvalue weighted by atomic mass is 35.5. The molecule has 0 radical (unpaired) electrons. The van der Waals surface area contributed by atoms with Gasteiger partial charge >= 0.3 is 0 Å². The number of nitrogens with zero attached hydrogens (tertiary/aromatic N) is 4. The van der Waals surface area contributed by atoms with Gasteiger partial charge in [0.1, 0.15) is 5.60 Å². The molecule has 1 aliphatic rings. The van der Waals surface area contributed by atoms with Gasteiger partial charge in [0.15, 0.2) is 0 Å². The van der Waals surface area contributed by atoms with Crippen LogP contribution in [0.15, 0.2) is 60.8 Å². The van der Waals surface area contributed by atoms with E-state index in [-0.39, 0.29) is 6.04 Å². The van der Waals surface area contributed by atoms with Crippen LogP contribution in [0, 0.1) is 11.3 Å². The van der Waals surface area contributed by atoms with Gasteiger partial charge in [-0.3, -0.25) is 9.88 Å². The molecule has 0 saturated carbocycles. The fraction of sp³-hybridized carbons (Fsp3) is 0.280. The fourth-order valence-electron chi connectivity index (χ4n) is 4.26. The van der Waals surface area contributed by atoms with Crippen LogP contribution in [0.2, 0.25) is 15.1 Å². The largest absolute Gasteiger partial charge is 0.382 e. The SMILES string of the molecule is C[C@@](O)(CN1CCN(c2ccc(C#N)cc2Cl)[C@H](c2ccc(Cl)cc2)C1)c1ccc(Cl)cn1. The minimum absolute atomic E-state index is 0.0181. The topological polar surface area (TPSA) is 63.4 Å². The maximum absolute atomic E-state index is 11.2. The average Bonchev–Trinajstić information content (AvgIpc) is 2.80. The summed E-state index contributed by atoms with van der Waals surface area (Å²) in [6, 6.07) is 18.8. The molecule has 2 atom stereocenters. The number of rotatable bonds is 5. The zero-order valence-electron chi connectivity index (χ0n) is 18.0. The van der Waals surface area contributed by atoms with Crippen molar-refractivity contribution in [2.75, 3.05) is 31.1 Å². The first-order valence-corrected chi connectivity index (χ1v) is 11.7. The van der Waals surface area contributed by atoms with Gasteiger partial charge in [0.05, 0.1) is 39.1 Å². The summed E-state index contributed by atoms with van der Waals surface area (Å²) < 4.78 is 0. The van der Waals surface area contributed by atoms with Gasteiger partial charge in [0, 0.05) is 37.4 Å². The predicted molar refractivity (Wildman–Crippen MR) is 133 cm³/mol. The molecule has 1 saturated heterocycles. The molecule has 1 N–H and O–H groups in total. The second-order valence-electron chi connectivity index (χ2n) is 8.41. The number of piperazine rings is 1. The van der Waals surface area contributed by atoms with Crippen LogP contribution in [0.5, 0.6) is 0 Å². The van der Waals surface area contributed by atoms with Crippen molar-refractivity contribution >= 4 is 40.5 Å². The Morgan fingerprint density at radius 3 is 2.42 bits per heavy atom. The minimum Gasteiger partial charge on any atom is -0.382 e. The highest BCUT2D eigenvalue weighted by Crippen LogP contribution is 2.36. The second kappa shape index (κ2) is 9.89. The zero-order chi connectivity index (χ0) is 23.6. The van der Waals surface area contributed by atoms with Crippen LogP contribution in [-0.4, -0.2) is 41.2 Å². The van der Waals surface area contributed by atoms with E-state index in [4.69, 9.17) is 34.8 Å². The first kappa shape index (κ1) is 23.8. The molecule has 0 bridgehead atoms. The van der Waals surface area contributed by atoms with Gasteiger partial charge < -0.3 is 10.0 Å². The van der Waals surface area contributed by atoms with Crippen LogP contribution in [0.1, 0.15) is 29.8 Å². The van der Waals surface area contributed by atoms with E-state index < -0.39 is 5.60 Å². The van der Waals surface area contributed by atoms with Crippen LogP contribution in [-0.2, 0) is 5.60 Å². The van der Waals surface area contributed by atoms with Crippen LogP contribution >= 0.6 is 34.8 Å². The molecule has 1 fully saturated rings. The maximum Gasteiger partial charge on any atom is 0.116 e. The molecule has 0 amide bonds. The number of aliphatic hydroxyl groups is 1. The van der Waals surface area contributed by atoms with Gasteiger partial charge in [0.2, 0.25) is 0 Å². The van der Waals surface area contributed by atoms with E-state index in [1.807, 2.05) is 30.3 Å². The Morgan fingerprint density at radius 2 is 1.79 bits per heavy atom. The number of nitriles is 1. The number of β-amino-alcohol motifs (C(OH)–C–C–N with tert-alkyl or cyclic N) is 1. The molecule has 3 aromatic rings. The minimum atomic E-state index is -1.14. The van der Waals surface area contributed by atoms with E-state index in [1.54, 1.807) is 37.4 Å². The fourth-order valence-corrected chi connectivity index (χ4v) is 4.79. The summed E-state index contributed by atoms with van der Waals surface area (Å²) in [6.07, 6.45) is 1.55. The number of benzene rings is 2. The third kappa shape index (κ3) is 5.43. The summed E-state index contributed by atoms with van der Waals surface area (Å²) >= 11 is 18.7. The molecule has 5 nitrogen and oxygen atoms in total. The van der Waals surface area contributed by atoms with E-state index in [0.29, 0.717) is 46.0 Å². The van der Waals surface area contributed by atoms with E-state index in [9.17, 15) is 10.4 Å². The Kier molecular flexibility index (Phi) is 7.13. The summed E-state index contributed by atoms with van der Waals surface area (Å²) in [6.45, 7) is 4.28.